The monoisotopic (exact) mass is 283 g/mol. The van der Waals surface area contributed by atoms with Crippen LogP contribution >= 0.6 is 0 Å². The number of rotatable bonds is 4. The Hall–Kier alpha value is -1.33. The first-order valence-corrected chi connectivity index (χ1v) is 6.86. The maximum Gasteiger partial charge on any atom is 0.169 e. The third-order valence-corrected chi connectivity index (χ3v) is 3.85. The van der Waals surface area contributed by atoms with E-state index in [9.17, 15) is 18.7 Å². The zero-order valence-corrected chi connectivity index (χ0v) is 11.5. The number of benzene rings is 1. The maximum atomic E-state index is 13.5. The first-order valence-electron chi connectivity index (χ1n) is 6.86. The molecule has 1 fully saturated rings. The summed E-state index contributed by atoms with van der Waals surface area (Å²) < 4.78 is 26.6. The molecule has 1 aliphatic heterocycles. The fourth-order valence-corrected chi connectivity index (χ4v) is 2.54. The summed E-state index contributed by atoms with van der Waals surface area (Å²) >= 11 is 0. The number of likely N-dealkylation sites (tertiary alicyclic amines) is 1. The summed E-state index contributed by atoms with van der Waals surface area (Å²) in [4.78, 5) is 14.0. The second-order valence-corrected chi connectivity index (χ2v) is 5.41. The van der Waals surface area contributed by atoms with Gasteiger partial charge in [-0.1, -0.05) is 13.0 Å². The standard InChI is InChI=1S/C15H19F2NO2/c1-10-9-18(7-5-13(10)19)8-6-14(20)11-3-2-4-12(16)15(11)17/h2-4,10,13,19H,5-9H2,1H3. The number of halogens is 2. The van der Waals surface area contributed by atoms with E-state index in [0.29, 0.717) is 13.0 Å². The molecule has 1 N–H and O–H groups in total. The molecule has 2 unspecified atom stereocenters. The molecule has 1 aromatic rings. The van der Waals surface area contributed by atoms with Crippen molar-refractivity contribution in [2.45, 2.75) is 25.9 Å². The number of piperidine rings is 1. The van der Waals surface area contributed by atoms with Gasteiger partial charge in [0.1, 0.15) is 0 Å². The van der Waals surface area contributed by atoms with Crippen LogP contribution in [0.1, 0.15) is 30.1 Å². The molecule has 0 amide bonds. The molecule has 110 valence electrons. The first kappa shape index (κ1) is 15.1. The number of nitrogens with zero attached hydrogens (tertiary/aromatic N) is 1. The van der Waals surface area contributed by atoms with E-state index in [0.717, 1.165) is 19.2 Å². The lowest BCUT2D eigenvalue weighted by atomic mass is 9.96. The Bertz CT molecular complexity index is 493. The summed E-state index contributed by atoms with van der Waals surface area (Å²) in [6, 6.07) is 3.65. The highest BCUT2D eigenvalue weighted by Gasteiger charge is 2.24. The average Bonchev–Trinajstić information content (AvgIpc) is 2.43. The van der Waals surface area contributed by atoms with E-state index in [4.69, 9.17) is 0 Å². The van der Waals surface area contributed by atoms with Crippen molar-refractivity contribution in [1.82, 2.24) is 4.90 Å². The van der Waals surface area contributed by atoms with E-state index in [1.807, 2.05) is 6.92 Å². The van der Waals surface area contributed by atoms with E-state index < -0.39 is 11.6 Å². The van der Waals surface area contributed by atoms with Gasteiger partial charge in [0.05, 0.1) is 11.7 Å². The van der Waals surface area contributed by atoms with E-state index in [1.54, 1.807) is 0 Å². The number of hydrogen-bond acceptors (Lipinski definition) is 3. The summed E-state index contributed by atoms with van der Waals surface area (Å²) in [6.07, 6.45) is 0.551. The van der Waals surface area contributed by atoms with Crippen LogP contribution in [0.25, 0.3) is 0 Å². The number of Topliss-reactive ketones (excluding diaryl/α,β-unsaturated/α-hetero) is 1. The molecule has 20 heavy (non-hydrogen) atoms. The molecule has 1 aromatic carbocycles. The van der Waals surface area contributed by atoms with E-state index in [-0.39, 0.29) is 29.8 Å². The Morgan fingerprint density at radius 2 is 2.20 bits per heavy atom. The van der Waals surface area contributed by atoms with Gasteiger partial charge in [0.25, 0.3) is 0 Å². The van der Waals surface area contributed by atoms with E-state index in [2.05, 4.69) is 4.90 Å². The van der Waals surface area contributed by atoms with Crippen molar-refractivity contribution in [2.75, 3.05) is 19.6 Å². The molecule has 0 aliphatic carbocycles. The number of aliphatic hydroxyl groups is 1. The van der Waals surface area contributed by atoms with Gasteiger partial charge < -0.3 is 10.0 Å². The van der Waals surface area contributed by atoms with Crippen molar-refractivity contribution in [1.29, 1.82) is 0 Å². The summed E-state index contributed by atoms with van der Waals surface area (Å²) in [5.41, 5.74) is -0.185. The van der Waals surface area contributed by atoms with Gasteiger partial charge >= 0.3 is 0 Å². The van der Waals surface area contributed by atoms with Crippen LogP contribution in [0, 0.1) is 17.6 Å². The zero-order chi connectivity index (χ0) is 14.7. The Balaban J connectivity index is 1.91. The van der Waals surface area contributed by atoms with Gasteiger partial charge in [-0.15, -0.1) is 0 Å². The number of aliphatic hydroxyl groups excluding tert-OH is 1. The summed E-state index contributed by atoms with van der Waals surface area (Å²) in [5, 5.41) is 9.63. The van der Waals surface area contributed by atoms with Gasteiger partial charge in [0.2, 0.25) is 0 Å². The number of carbonyl (C=O) groups is 1. The van der Waals surface area contributed by atoms with Crippen LogP contribution in [-0.4, -0.2) is 41.5 Å². The van der Waals surface area contributed by atoms with E-state index >= 15 is 0 Å². The SMILES string of the molecule is CC1CN(CCC(=O)c2cccc(F)c2F)CCC1O. The molecule has 0 aromatic heterocycles. The van der Waals surface area contributed by atoms with Gasteiger partial charge in [-0.3, -0.25) is 4.79 Å². The quantitative estimate of drug-likeness (QED) is 0.862. The van der Waals surface area contributed by atoms with Crippen molar-refractivity contribution in [3.8, 4) is 0 Å². The molecule has 2 rings (SSSR count). The molecular weight excluding hydrogens is 264 g/mol. The molecule has 1 aliphatic rings. The number of carbonyl (C=O) groups excluding carboxylic acids is 1. The van der Waals surface area contributed by atoms with Crippen LogP contribution in [0.15, 0.2) is 18.2 Å². The van der Waals surface area contributed by atoms with Gasteiger partial charge in [-0.05, 0) is 24.5 Å². The van der Waals surface area contributed by atoms with Gasteiger partial charge in [-0.2, -0.15) is 0 Å². The fraction of sp³-hybridized carbons (Fsp3) is 0.533. The highest BCUT2D eigenvalue weighted by atomic mass is 19.2. The predicted molar refractivity (Wildman–Crippen MR) is 71.5 cm³/mol. The van der Waals surface area contributed by atoms with Crippen molar-refractivity contribution in [3.63, 3.8) is 0 Å². The summed E-state index contributed by atoms with van der Waals surface area (Å²) in [5.74, 6) is -2.28. The second kappa shape index (κ2) is 6.41. The Morgan fingerprint density at radius 3 is 2.90 bits per heavy atom. The van der Waals surface area contributed by atoms with Crippen LogP contribution in [0.2, 0.25) is 0 Å². The van der Waals surface area contributed by atoms with Crippen molar-refractivity contribution >= 4 is 5.78 Å². The fourth-order valence-electron chi connectivity index (χ4n) is 2.54. The lowest BCUT2D eigenvalue weighted by Crippen LogP contribution is -2.42. The molecule has 1 heterocycles. The van der Waals surface area contributed by atoms with Crippen LogP contribution in [0.5, 0.6) is 0 Å². The molecule has 0 saturated carbocycles. The Morgan fingerprint density at radius 1 is 1.45 bits per heavy atom. The molecule has 1 saturated heterocycles. The molecule has 3 nitrogen and oxygen atoms in total. The van der Waals surface area contributed by atoms with Gasteiger partial charge in [0.15, 0.2) is 17.4 Å². The lowest BCUT2D eigenvalue weighted by Gasteiger charge is -2.34. The molecule has 2 atom stereocenters. The zero-order valence-electron chi connectivity index (χ0n) is 11.5. The minimum absolute atomic E-state index is 0.156. The highest BCUT2D eigenvalue weighted by Crippen LogP contribution is 2.18. The molecule has 0 radical (unpaired) electrons. The lowest BCUT2D eigenvalue weighted by molar-refractivity contribution is 0.0346. The van der Waals surface area contributed by atoms with Crippen LogP contribution in [0.3, 0.4) is 0 Å². The third-order valence-electron chi connectivity index (χ3n) is 3.85. The van der Waals surface area contributed by atoms with Crippen LogP contribution in [-0.2, 0) is 0 Å². The molecular formula is C15H19F2NO2. The van der Waals surface area contributed by atoms with Gasteiger partial charge in [0, 0.05) is 26.1 Å². The topological polar surface area (TPSA) is 40.5 Å². The van der Waals surface area contributed by atoms with E-state index in [1.165, 1.54) is 12.1 Å². The minimum Gasteiger partial charge on any atom is -0.393 e. The average molecular weight is 283 g/mol. The summed E-state index contributed by atoms with van der Waals surface area (Å²) in [7, 11) is 0. The van der Waals surface area contributed by atoms with Crippen molar-refractivity contribution in [3.05, 3.63) is 35.4 Å². The Kier molecular flexibility index (Phi) is 4.83. The molecule has 0 bridgehead atoms. The number of hydrogen-bond donors (Lipinski definition) is 1. The smallest absolute Gasteiger partial charge is 0.169 e. The maximum absolute atomic E-state index is 13.5. The largest absolute Gasteiger partial charge is 0.393 e. The van der Waals surface area contributed by atoms with Crippen molar-refractivity contribution in [2.24, 2.45) is 5.92 Å². The highest BCUT2D eigenvalue weighted by molar-refractivity contribution is 5.96. The van der Waals surface area contributed by atoms with Crippen LogP contribution in [0.4, 0.5) is 8.78 Å². The van der Waals surface area contributed by atoms with Gasteiger partial charge in [-0.25, -0.2) is 8.78 Å². The summed E-state index contributed by atoms with van der Waals surface area (Å²) in [6.45, 7) is 3.92. The Labute approximate surface area is 117 Å². The minimum atomic E-state index is -1.07. The molecule has 0 spiro atoms. The third kappa shape index (κ3) is 3.41. The second-order valence-electron chi connectivity index (χ2n) is 5.41. The number of ketones is 1. The predicted octanol–water partition coefficient (Wildman–Crippen LogP) is 2.24. The normalized spacial score (nSPS) is 23.8. The van der Waals surface area contributed by atoms with Crippen LogP contribution < -0.4 is 0 Å². The first-order chi connectivity index (χ1) is 9.49. The molecule has 5 heteroatoms. The van der Waals surface area contributed by atoms with Crippen molar-refractivity contribution < 1.29 is 18.7 Å².